The molecule has 0 aliphatic rings. The summed E-state index contributed by atoms with van der Waals surface area (Å²) in [4.78, 5) is 23.8. The number of thioether (sulfide) groups is 1. The molecule has 6 heteroatoms. The van der Waals surface area contributed by atoms with E-state index in [1.165, 1.54) is 23.9 Å². The summed E-state index contributed by atoms with van der Waals surface area (Å²) < 4.78 is 12.7. The van der Waals surface area contributed by atoms with E-state index in [0.29, 0.717) is 25.3 Å². The largest absolute Gasteiger partial charge is 0.354 e. The van der Waals surface area contributed by atoms with Crippen molar-refractivity contribution in [3.05, 3.63) is 30.1 Å². The lowest BCUT2D eigenvalue weighted by Crippen LogP contribution is -2.36. The van der Waals surface area contributed by atoms with Crippen LogP contribution in [0.1, 0.15) is 20.3 Å². The summed E-state index contributed by atoms with van der Waals surface area (Å²) in [6, 6.07) is 6.19. The molecule has 1 rings (SSSR count). The number of hydrogen-bond donors (Lipinski definition) is 2. The number of amides is 2. The maximum atomic E-state index is 12.7. The molecule has 0 heterocycles. The summed E-state index contributed by atoms with van der Waals surface area (Å²) in [5.74, 6) is 0.253. The fraction of sp³-hybridized carbons (Fsp3) is 0.467. The van der Waals surface area contributed by atoms with Crippen LogP contribution in [0.25, 0.3) is 0 Å². The lowest BCUT2D eigenvalue weighted by atomic mass is 10.2. The number of halogens is 1. The van der Waals surface area contributed by atoms with Crippen LogP contribution in [0.4, 0.5) is 4.39 Å². The molecule has 0 radical (unpaired) electrons. The van der Waals surface area contributed by atoms with Crippen LogP contribution >= 0.6 is 11.8 Å². The summed E-state index contributed by atoms with van der Waals surface area (Å²) >= 11 is 1.51. The van der Waals surface area contributed by atoms with Crippen molar-refractivity contribution >= 4 is 23.6 Å². The minimum Gasteiger partial charge on any atom is -0.354 e. The van der Waals surface area contributed by atoms with Crippen molar-refractivity contribution in [2.45, 2.75) is 25.2 Å². The average molecular weight is 312 g/mol. The molecule has 0 aromatic heterocycles. The van der Waals surface area contributed by atoms with Crippen molar-refractivity contribution in [1.82, 2.24) is 10.6 Å². The van der Waals surface area contributed by atoms with E-state index in [9.17, 15) is 14.0 Å². The molecule has 4 nitrogen and oxygen atoms in total. The minimum absolute atomic E-state index is 0.0175. The molecular weight excluding hydrogens is 291 g/mol. The van der Waals surface area contributed by atoms with Crippen molar-refractivity contribution in [3.63, 3.8) is 0 Å². The third kappa shape index (κ3) is 7.70. The standard InChI is InChI=1S/C15H21FN2O2S/c1-11(2)15(20)18-9-8-17-14(19)7-10-21-13-5-3-12(16)4-6-13/h3-6,11H,7-10H2,1-2H3,(H,17,19)(H,18,20). The van der Waals surface area contributed by atoms with Gasteiger partial charge < -0.3 is 10.6 Å². The highest BCUT2D eigenvalue weighted by molar-refractivity contribution is 7.99. The first-order chi connectivity index (χ1) is 9.99. The van der Waals surface area contributed by atoms with Crippen LogP contribution in [0, 0.1) is 11.7 Å². The van der Waals surface area contributed by atoms with E-state index in [1.54, 1.807) is 12.1 Å². The molecule has 0 saturated carbocycles. The van der Waals surface area contributed by atoms with E-state index in [4.69, 9.17) is 0 Å². The number of carbonyl (C=O) groups excluding carboxylic acids is 2. The van der Waals surface area contributed by atoms with Gasteiger partial charge in [0, 0.05) is 36.1 Å². The summed E-state index contributed by atoms with van der Waals surface area (Å²) in [6.07, 6.45) is 0.389. The van der Waals surface area contributed by atoms with Gasteiger partial charge in [0.25, 0.3) is 0 Å². The number of hydrogen-bond acceptors (Lipinski definition) is 3. The first kappa shape index (κ1) is 17.5. The summed E-state index contributed by atoms with van der Waals surface area (Å²) in [5, 5.41) is 5.48. The van der Waals surface area contributed by atoms with E-state index in [-0.39, 0.29) is 23.5 Å². The Morgan fingerprint density at radius 2 is 1.76 bits per heavy atom. The molecule has 0 saturated heterocycles. The predicted octanol–water partition coefficient (Wildman–Crippen LogP) is 2.20. The van der Waals surface area contributed by atoms with Gasteiger partial charge in [-0.05, 0) is 24.3 Å². The van der Waals surface area contributed by atoms with Gasteiger partial charge in [0.2, 0.25) is 11.8 Å². The molecule has 116 valence electrons. The second kappa shape index (κ2) is 9.39. The molecule has 2 N–H and O–H groups in total. The van der Waals surface area contributed by atoms with Crippen molar-refractivity contribution < 1.29 is 14.0 Å². The Hall–Kier alpha value is -1.56. The lowest BCUT2D eigenvalue weighted by Gasteiger charge is -2.08. The Kier molecular flexibility index (Phi) is 7.82. The molecule has 0 spiro atoms. The normalized spacial score (nSPS) is 10.5. The van der Waals surface area contributed by atoms with E-state index in [2.05, 4.69) is 10.6 Å². The molecule has 0 atom stereocenters. The second-order valence-electron chi connectivity index (χ2n) is 4.85. The van der Waals surface area contributed by atoms with Gasteiger partial charge in [0.1, 0.15) is 5.82 Å². The highest BCUT2D eigenvalue weighted by Crippen LogP contribution is 2.18. The quantitative estimate of drug-likeness (QED) is 0.571. The van der Waals surface area contributed by atoms with Crippen molar-refractivity contribution in [2.75, 3.05) is 18.8 Å². The third-order valence-electron chi connectivity index (χ3n) is 2.68. The van der Waals surface area contributed by atoms with Gasteiger partial charge in [-0.2, -0.15) is 0 Å². The Balaban J connectivity index is 2.09. The summed E-state index contributed by atoms with van der Waals surface area (Å²) in [6.45, 7) is 4.51. The number of nitrogens with one attached hydrogen (secondary N) is 2. The Morgan fingerprint density at radius 3 is 2.38 bits per heavy atom. The molecule has 0 unspecified atom stereocenters. The molecule has 0 aliphatic heterocycles. The van der Waals surface area contributed by atoms with Crippen molar-refractivity contribution in [1.29, 1.82) is 0 Å². The van der Waals surface area contributed by atoms with Gasteiger partial charge in [-0.15, -0.1) is 11.8 Å². The monoisotopic (exact) mass is 312 g/mol. The first-order valence-corrected chi connectivity index (χ1v) is 7.90. The van der Waals surface area contributed by atoms with E-state index < -0.39 is 0 Å². The Bertz CT molecular complexity index is 463. The van der Waals surface area contributed by atoms with Crippen LogP contribution in [0.3, 0.4) is 0 Å². The highest BCUT2D eigenvalue weighted by atomic mass is 32.2. The Labute approximate surface area is 128 Å². The van der Waals surface area contributed by atoms with Crippen LogP contribution < -0.4 is 10.6 Å². The molecule has 0 aliphatic carbocycles. The number of carbonyl (C=O) groups is 2. The van der Waals surface area contributed by atoms with Gasteiger partial charge in [0.05, 0.1) is 0 Å². The van der Waals surface area contributed by atoms with Crippen molar-refractivity contribution in [3.8, 4) is 0 Å². The van der Waals surface area contributed by atoms with Crippen molar-refractivity contribution in [2.24, 2.45) is 5.92 Å². The predicted molar refractivity (Wildman–Crippen MR) is 82.6 cm³/mol. The van der Waals surface area contributed by atoms with Crippen LogP contribution in [0.2, 0.25) is 0 Å². The summed E-state index contributed by atoms with van der Waals surface area (Å²) in [7, 11) is 0. The van der Waals surface area contributed by atoms with Gasteiger partial charge in [-0.25, -0.2) is 4.39 Å². The number of rotatable bonds is 8. The van der Waals surface area contributed by atoms with E-state index >= 15 is 0 Å². The van der Waals surface area contributed by atoms with Crippen LogP contribution in [-0.4, -0.2) is 30.7 Å². The fourth-order valence-corrected chi connectivity index (χ4v) is 2.32. The van der Waals surface area contributed by atoms with E-state index in [0.717, 1.165) is 4.90 Å². The molecule has 2 amide bonds. The molecule has 0 fully saturated rings. The zero-order chi connectivity index (χ0) is 15.7. The highest BCUT2D eigenvalue weighted by Gasteiger charge is 2.06. The Morgan fingerprint density at radius 1 is 1.14 bits per heavy atom. The second-order valence-corrected chi connectivity index (χ2v) is 6.02. The smallest absolute Gasteiger partial charge is 0.222 e. The van der Waals surface area contributed by atoms with Gasteiger partial charge in [0.15, 0.2) is 0 Å². The number of benzene rings is 1. The lowest BCUT2D eigenvalue weighted by molar-refractivity contribution is -0.124. The van der Waals surface area contributed by atoms with Crippen LogP contribution in [0.5, 0.6) is 0 Å². The van der Waals surface area contributed by atoms with Crippen LogP contribution in [0.15, 0.2) is 29.2 Å². The summed E-state index contributed by atoms with van der Waals surface area (Å²) in [5.41, 5.74) is 0. The fourth-order valence-electron chi connectivity index (χ4n) is 1.47. The zero-order valence-electron chi connectivity index (χ0n) is 12.3. The van der Waals surface area contributed by atoms with E-state index in [1.807, 2.05) is 13.8 Å². The first-order valence-electron chi connectivity index (χ1n) is 6.92. The topological polar surface area (TPSA) is 58.2 Å². The van der Waals surface area contributed by atoms with Gasteiger partial charge in [-0.1, -0.05) is 13.8 Å². The minimum atomic E-state index is -0.263. The molecule has 0 bridgehead atoms. The SMILES string of the molecule is CC(C)C(=O)NCCNC(=O)CCSc1ccc(F)cc1. The van der Waals surface area contributed by atoms with Gasteiger partial charge in [-0.3, -0.25) is 9.59 Å². The zero-order valence-corrected chi connectivity index (χ0v) is 13.1. The molecule has 1 aromatic rings. The molecular formula is C15H21FN2O2S. The molecule has 1 aromatic carbocycles. The maximum Gasteiger partial charge on any atom is 0.222 e. The average Bonchev–Trinajstić information content (AvgIpc) is 2.45. The third-order valence-corrected chi connectivity index (χ3v) is 3.70. The maximum absolute atomic E-state index is 12.7. The van der Waals surface area contributed by atoms with Gasteiger partial charge >= 0.3 is 0 Å². The molecule has 21 heavy (non-hydrogen) atoms. The van der Waals surface area contributed by atoms with Crippen LogP contribution in [-0.2, 0) is 9.59 Å².